The first-order valence-corrected chi connectivity index (χ1v) is 7.09. The van der Waals surface area contributed by atoms with E-state index in [2.05, 4.69) is 0 Å². The summed E-state index contributed by atoms with van der Waals surface area (Å²) in [6.07, 6.45) is 0.386. The molecule has 0 aliphatic carbocycles. The van der Waals surface area contributed by atoms with E-state index in [9.17, 15) is 19.7 Å². The van der Waals surface area contributed by atoms with Crippen molar-refractivity contribution in [1.29, 1.82) is 0 Å². The minimum absolute atomic E-state index is 0.0127. The highest BCUT2D eigenvalue weighted by molar-refractivity contribution is 6.33. The first-order valence-electron chi connectivity index (χ1n) is 6.71. The van der Waals surface area contributed by atoms with Crippen LogP contribution in [0.1, 0.15) is 34.1 Å². The van der Waals surface area contributed by atoms with Gasteiger partial charge in [-0.15, -0.1) is 0 Å². The van der Waals surface area contributed by atoms with Gasteiger partial charge in [-0.1, -0.05) is 18.5 Å². The van der Waals surface area contributed by atoms with Gasteiger partial charge in [-0.25, -0.2) is 4.79 Å². The quantitative estimate of drug-likeness (QED) is 0.271. The van der Waals surface area contributed by atoms with Gasteiger partial charge in [-0.3, -0.25) is 14.9 Å². The maximum absolute atomic E-state index is 12.0. The maximum Gasteiger partial charge on any atom is 0.345 e. The first-order chi connectivity index (χ1) is 10.9. The average molecular weight is 334 g/mol. The molecule has 0 radical (unpaired) electrons. The van der Waals surface area contributed by atoms with E-state index >= 15 is 0 Å². The van der Waals surface area contributed by atoms with E-state index in [0.717, 1.165) is 6.07 Å². The molecular weight excluding hydrogens is 322 g/mol. The Morgan fingerprint density at radius 1 is 1.17 bits per heavy atom. The molecule has 0 unspecified atom stereocenters. The van der Waals surface area contributed by atoms with Gasteiger partial charge in [-0.05, 0) is 30.3 Å². The van der Waals surface area contributed by atoms with Crippen LogP contribution in [0.2, 0.25) is 5.02 Å². The van der Waals surface area contributed by atoms with E-state index < -0.39 is 10.9 Å². The number of nitro groups is 1. The van der Waals surface area contributed by atoms with E-state index in [1.807, 2.05) is 0 Å². The molecule has 118 valence electrons. The maximum atomic E-state index is 12.0. The van der Waals surface area contributed by atoms with Gasteiger partial charge in [0, 0.05) is 24.1 Å². The summed E-state index contributed by atoms with van der Waals surface area (Å²) < 4.78 is 5.15. The lowest BCUT2D eigenvalue weighted by molar-refractivity contribution is -0.384. The van der Waals surface area contributed by atoms with E-state index in [1.54, 1.807) is 19.1 Å². The number of halogens is 1. The molecule has 0 spiro atoms. The number of esters is 1. The SMILES string of the molecule is CCC(=O)c1ccc(OC(=O)c2ccc([N+](=O)[O-])cc2Cl)cc1. The second-order valence-corrected chi connectivity index (χ2v) is 5.02. The Kier molecular flexibility index (Phi) is 5.08. The van der Waals surface area contributed by atoms with Gasteiger partial charge >= 0.3 is 5.97 Å². The van der Waals surface area contributed by atoms with Crippen LogP contribution in [0, 0.1) is 10.1 Å². The van der Waals surface area contributed by atoms with Crippen molar-refractivity contribution in [1.82, 2.24) is 0 Å². The third-order valence-electron chi connectivity index (χ3n) is 3.09. The molecule has 0 aliphatic heterocycles. The number of hydrogen-bond acceptors (Lipinski definition) is 5. The fourth-order valence-electron chi connectivity index (χ4n) is 1.86. The summed E-state index contributed by atoms with van der Waals surface area (Å²) in [5.74, 6) is -0.502. The Morgan fingerprint density at radius 3 is 2.35 bits per heavy atom. The average Bonchev–Trinajstić information content (AvgIpc) is 2.54. The van der Waals surface area contributed by atoms with Gasteiger partial charge in [0.1, 0.15) is 5.75 Å². The van der Waals surface area contributed by atoms with Crippen LogP contribution in [-0.2, 0) is 0 Å². The number of Topliss-reactive ketones (excluding diaryl/α,β-unsaturated/α-hetero) is 1. The number of hydrogen-bond donors (Lipinski definition) is 0. The lowest BCUT2D eigenvalue weighted by Gasteiger charge is -2.06. The number of ether oxygens (including phenoxy) is 1. The standard InChI is InChI=1S/C16H12ClNO5/c1-2-15(19)10-3-6-12(7-4-10)23-16(20)13-8-5-11(18(21)22)9-14(13)17/h3-9H,2H2,1H3. The molecule has 2 aromatic carbocycles. The predicted octanol–water partition coefficient (Wildman–Crippen LogP) is 4.06. The van der Waals surface area contributed by atoms with Gasteiger partial charge in [-0.2, -0.15) is 0 Å². The number of nitro benzene ring substituents is 1. The van der Waals surface area contributed by atoms with E-state index in [-0.39, 0.29) is 27.8 Å². The number of ketones is 1. The second-order valence-electron chi connectivity index (χ2n) is 4.61. The number of rotatable bonds is 5. The Balaban J connectivity index is 2.16. The number of carbonyl (C=O) groups is 2. The van der Waals surface area contributed by atoms with Gasteiger partial charge in [0.15, 0.2) is 5.78 Å². The van der Waals surface area contributed by atoms with E-state index in [1.165, 1.54) is 24.3 Å². The Morgan fingerprint density at radius 2 is 1.83 bits per heavy atom. The number of non-ortho nitro benzene ring substituents is 1. The summed E-state index contributed by atoms with van der Waals surface area (Å²) in [6.45, 7) is 1.76. The predicted molar refractivity (Wildman–Crippen MR) is 84.1 cm³/mol. The van der Waals surface area contributed by atoms with Crippen molar-refractivity contribution in [2.24, 2.45) is 0 Å². The monoisotopic (exact) mass is 333 g/mol. The molecule has 0 bridgehead atoms. The van der Waals surface area contributed by atoms with Crippen LogP contribution in [0.15, 0.2) is 42.5 Å². The minimum Gasteiger partial charge on any atom is -0.423 e. The van der Waals surface area contributed by atoms with Crippen LogP contribution in [0.25, 0.3) is 0 Å². The van der Waals surface area contributed by atoms with Crippen molar-refractivity contribution in [3.05, 3.63) is 68.7 Å². The summed E-state index contributed by atoms with van der Waals surface area (Å²) in [7, 11) is 0. The molecule has 23 heavy (non-hydrogen) atoms. The molecular formula is C16H12ClNO5. The minimum atomic E-state index is -0.737. The molecule has 0 aromatic heterocycles. The lowest BCUT2D eigenvalue weighted by atomic mass is 10.1. The number of nitrogens with zero attached hydrogens (tertiary/aromatic N) is 1. The normalized spacial score (nSPS) is 10.2. The molecule has 0 saturated heterocycles. The largest absolute Gasteiger partial charge is 0.423 e. The summed E-state index contributed by atoms with van der Waals surface area (Å²) in [5, 5.41) is 10.6. The zero-order valence-corrected chi connectivity index (χ0v) is 12.9. The Hall–Kier alpha value is -2.73. The summed E-state index contributed by atoms with van der Waals surface area (Å²) in [6, 6.07) is 9.61. The van der Waals surface area contributed by atoms with Gasteiger partial charge in [0.05, 0.1) is 15.5 Å². The Bertz CT molecular complexity index is 771. The molecule has 7 heteroatoms. The molecule has 6 nitrogen and oxygen atoms in total. The van der Waals surface area contributed by atoms with E-state index in [0.29, 0.717) is 12.0 Å². The topological polar surface area (TPSA) is 86.5 Å². The van der Waals surface area contributed by atoms with Crippen LogP contribution >= 0.6 is 11.6 Å². The van der Waals surface area contributed by atoms with Crippen LogP contribution < -0.4 is 4.74 Å². The van der Waals surface area contributed by atoms with Gasteiger partial charge in [0.2, 0.25) is 0 Å². The molecule has 2 rings (SSSR count). The van der Waals surface area contributed by atoms with Crippen molar-refractivity contribution in [3.8, 4) is 5.75 Å². The molecule has 0 amide bonds. The Labute approximate surface area is 136 Å². The fraction of sp³-hybridized carbons (Fsp3) is 0.125. The summed E-state index contributed by atoms with van der Waals surface area (Å²) in [4.78, 5) is 33.6. The van der Waals surface area contributed by atoms with Crippen molar-refractivity contribution >= 4 is 29.0 Å². The fourth-order valence-corrected chi connectivity index (χ4v) is 2.11. The molecule has 0 aliphatic rings. The number of carbonyl (C=O) groups excluding carboxylic acids is 2. The zero-order valence-electron chi connectivity index (χ0n) is 12.1. The van der Waals surface area contributed by atoms with E-state index in [4.69, 9.17) is 16.3 Å². The van der Waals surface area contributed by atoms with Crippen molar-refractivity contribution in [2.75, 3.05) is 0 Å². The van der Waals surface area contributed by atoms with Crippen LogP contribution in [0.4, 0.5) is 5.69 Å². The van der Waals surface area contributed by atoms with Crippen LogP contribution in [0.3, 0.4) is 0 Å². The highest BCUT2D eigenvalue weighted by atomic mass is 35.5. The van der Waals surface area contributed by atoms with Crippen molar-refractivity contribution < 1.29 is 19.2 Å². The second kappa shape index (κ2) is 7.02. The third kappa shape index (κ3) is 3.92. The number of benzene rings is 2. The third-order valence-corrected chi connectivity index (χ3v) is 3.40. The van der Waals surface area contributed by atoms with Gasteiger partial charge in [0.25, 0.3) is 5.69 Å². The molecule has 0 atom stereocenters. The molecule has 0 fully saturated rings. The highest BCUT2D eigenvalue weighted by Gasteiger charge is 2.17. The highest BCUT2D eigenvalue weighted by Crippen LogP contribution is 2.24. The summed E-state index contributed by atoms with van der Waals surface area (Å²) >= 11 is 5.87. The lowest BCUT2D eigenvalue weighted by Crippen LogP contribution is -2.09. The van der Waals surface area contributed by atoms with Crippen molar-refractivity contribution in [2.45, 2.75) is 13.3 Å². The zero-order chi connectivity index (χ0) is 17.0. The smallest absolute Gasteiger partial charge is 0.345 e. The van der Waals surface area contributed by atoms with Crippen molar-refractivity contribution in [3.63, 3.8) is 0 Å². The summed E-state index contributed by atoms with van der Waals surface area (Å²) in [5.41, 5.74) is 0.334. The first kappa shape index (κ1) is 16.6. The molecule has 0 saturated carbocycles. The van der Waals surface area contributed by atoms with Crippen LogP contribution in [0.5, 0.6) is 5.75 Å². The molecule has 2 aromatic rings. The molecule has 0 N–H and O–H groups in total. The molecule has 0 heterocycles. The van der Waals surface area contributed by atoms with Gasteiger partial charge < -0.3 is 4.74 Å². The van der Waals surface area contributed by atoms with Crippen LogP contribution in [-0.4, -0.2) is 16.7 Å².